The lowest BCUT2D eigenvalue weighted by Gasteiger charge is -2.22. The van der Waals surface area contributed by atoms with Crippen LogP contribution in [0.3, 0.4) is 0 Å². The molecule has 0 radical (unpaired) electrons. The fourth-order valence-corrected chi connectivity index (χ4v) is 3.24. The molecule has 0 aromatic heterocycles. The molecule has 0 saturated heterocycles. The molecule has 1 fully saturated rings. The highest BCUT2D eigenvalue weighted by atomic mass is 19.2. The number of nitro benzene ring substituents is 1. The van der Waals surface area contributed by atoms with E-state index < -0.39 is 56.5 Å². The number of Topliss-reactive ketones (excluding diaryl/α,β-unsaturated/α-hetero) is 1. The van der Waals surface area contributed by atoms with Crippen molar-refractivity contribution in [3.05, 3.63) is 50.5 Å². The number of hydrogen-bond acceptors (Lipinski definition) is 6. The van der Waals surface area contributed by atoms with Crippen molar-refractivity contribution < 1.29 is 32.4 Å². The highest BCUT2D eigenvalue weighted by Gasteiger charge is 2.37. The summed E-state index contributed by atoms with van der Waals surface area (Å²) < 4.78 is 47.6. The van der Waals surface area contributed by atoms with Crippen LogP contribution in [0.15, 0.2) is 11.8 Å². The maximum absolute atomic E-state index is 14.7. The topological polar surface area (TPSA) is 98.5 Å². The summed E-state index contributed by atoms with van der Waals surface area (Å²) in [5.74, 6) is -7.93. The van der Waals surface area contributed by atoms with Gasteiger partial charge in [0.05, 0.1) is 11.5 Å². The molecule has 7 nitrogen and oxygen atoms in total. The summed E-state index contributed by atoms with van der Waals surface area (Å²) in [6.45, 7) is 2.50. The number of nitrogens with one attached hydrogen (secondary N) is 1. The van der Waals surface area contributed by atoms with Crippen LogP contribution in [0, 0.1) is 34.5 Å². The summed E-state index contributed by atoms with van der Waals surface area (Å²) in [4.78, 5) is 35.2. The van der Waals surface area contributed by atoms with Crippen LogP contribution < -0.4 is 5.32 Å². The van der Waals surface area contributed by atoms with E-state index in [1.807, 2.05) is 0 Å². The van der Waals surface area contributed by atoms with Gasteiger partial charge in [0.15, 0.2) is 5.82 Å². The quantitative estimate of drug-likeness (QED) is 0.0971. The molecule has 1 aromatic carbocycles. The fraction of sp³-hybridized carbons (Fsp3) is 0.500. The third-order valence-electron chi connectivity index (χ3n) is 4.90. The normalized spacial score (nSPS) is 15.0. The average molecular weight is 428 g/mol. The Morgan fingerprint density at radius 1 is 1.17 bits per heavy atom. The Bertz CT molecular complexity index is 880. The van der Waals surface area contributed by atoms with Gasteiger partial charge in [0.25, 0.3) is 0 Å². The van der Waals surface area contributed by atoms with Crippen LogP contribution in [-0.2, 0) is 9.53 Å². The monoisotopic (exact) mass is 428 g/mol. The minimum Gasteiger partial charge on any atom is -0.462 e. The molecule has 30 heavy (non-hydrogen) atoms. The first-order valence-corrected chi connectivity index (χ1v) is 9.70. The minimum absolute atomic E-state index is 0.0474. The minimum atomic E-state index is -1.97. The zero-order chi connectivity index (χ0) is 22.4. The first-order valence-electron chi connectivity index (χ1n) is 9.70. The predicted molar refractivity (Wildman–Crippen MR) is 101 cm³/mol. The van der Waals surface area contributed by atoms with Gasteiger partial charge in [0, 0.05) is 17.8 Å². The molecule has 0 atom stereocenters. The largest absolute Gasteiger partial charge is 0.462 e. The first kappa shape index (κ1) is 23.4. The van der Waals surface area contributed by atoms with Gasteiger partial charge in [-0.1, -0.05) is 26.2 Å². The van der Waals surface area contributed by atoms with E-state index in [9.17, 15) is 32.9 Å². The van der Waals surface area contributed by atoms with Crippen molar-refractivity contribution in [3.8, 4) is 0 Å². The van der Waals surface area contributed by atoms with Crippen LogP contribution in [0.25, 0.3) is 0 Å². The molecule has 0 spiro atoms. The number of halogens is 3. The van der Waals surface area contributed by atoms with Gasteiger partial charge in [-0.25, -0.2) is 13.6 Å². The summed E-state index contributed by atoms with van der Waals surface area (Å²) in [6.07, 6.45) is 5.95. The third-order valence-corrected chi connectivity index (χ3v) is 4.90. The lowest BCUT2D eigenvalue weighted by molar-refractivity contribution is -0.388. The lowest BCUT2D eigenvalue weighted by Crippen LogP contribution is -2.29. The molecule has 1 aliphatic rings. The highest BCUT2D eigenvalue weighted by Crippen LogP contribution is 2.32. The summed E-state index contributed by atoms with van der Waals surface area (Å²) in [5.41, 5.74) is -4.60. The Morgan fingerprint density at radius 3 is 2.37 bits per heavy atom. The second-order valence-corrected chi connectivity index (χ2v) is 7.07. The van der Waals surface area contributed by atoms with Crippen LogP contribution in [0.4, 0.5) is 18.9 Å². The van der Waals surface area contributed by atoms with E-state index in [-0.39, 0.29) is 12.6 Å². The van der Waals surface area contributed by atoms with Gasteiger partial charge in [-0.3, -0.25) is 14.9 Å². The standard InChI is InChI=1S/C20H23F3N2O5/c1-3-9-30-20(27)13(10-24-12-7-5-4-6-8-12)19(26)14-15(21)11(2)16(22)17(23)18(14)25(28)29/h10,12,24H,3-9H2,1-2H3. The molecule has 0 unspecified atom stereocenters. The number of carbonyl (C=O) groups excluding carboxylic acids is 2. The molecule has 2 rings (SSSR count). The maximum Gasteiger partial charge on any atom is 0.343 e. The molecule has 0 heterocycles. The number of ketones is 1. The predicted octanol–water partition coefficient (Wildman–Crippen LogP) is 4.26. The van der Waals surface area contributed by atoms with Crippen molar-refractivity contribution in [2.24, 2.45) is 0 Å². The highest BCUT2D eigenvalue weighted by molar-refractivity contribution is 6.25. The van der Waals surface area contributed by atoms with Crippen molar-refractivity contribution in [2.45, 2.75) is 58.4 Å². The fourth-order valence-electron chi connectivity index (χ4n) is 3.24. The third kappa shape index (κ3) is 4.98. The van der Waals surface area contributed by atoms with E-state index in [4.69, 9.17) is 4.74 Å². The Morgan fingerprint density at radius 2 is 1.80 bits per heavy atom. The molecule has 0 aliphatic heterocycles. The van der Waals surface area contributed by atoms with E-state index in [0.717, 1.165) is 45.2 Å². The average Bonchev–Trinajstić information content (AvgIpc) is 2.73. The van der Waals surface area contributed by atoms with Gasteiger partial charge in [-0.2, -0.15) is 4.39 Å². The zero-order valence-electron chi connectivity index (χ0n) is 16.7. The molecule has 164 valence electrons. The SMILES string of the molecule is CCCOC(=O)C(=CNC1CCCCC1)C(=O)c1c(F)c(C)c(F)c(F)c1[N+](=O)[O-]. The smallest absolute Gasteiger partial charge is 0.343 e. The van der Waals surface area contributed by atoms with Crippen molar-refractivity contribution >= 4 is 17.4 Å². The van der Waals surface area contributed by atoms with Crippen LogP contribution in [-0.4, -0.2) is 29.3 Å². The number of carbonyl (C=O) groups is 2. The number of nitrogens with zero attached hydrogens (tertiary/aromatic N) is 1. The van der Waals surface area contributed by atoms with Gasteiger partial charge in [0.1, 0.15) is 17.0 Å². The number of esters is 1. The van der Waals surface area contributed by atoms with E-state index in [0.29, 0.717) is 6.42 Å². The molecule has 0 bridgehead atoms. The molecule has 10 heteroatoms. The number of nitro groups is 1. The van der Waals surface area contributed by atoms with Gasteiger partial charge in [-0.15, -0.1) is 0 Å². The molecule has 1 N–H and O–H groups in total. The Labute approximate surface area is 171 Å². The Kier molecular flexibility index (Phi) is 7.96. The Balaban J connectivity index is 2.54. The summed E-state index contributed by atoms with van der Waals surface area (Å²) in [5, 5.41) is 14.2. The van der Waals surface area contributed by atoms with Gasteiger partial charge < -0.3 is 10.1 Å². The van der Waals surface area contributed by atoms with Crippen molar-refractivity contribution in [1.82, 2.24) is 5.32 Å². The van der Waals surface area contributed by atoms with Gasteiger partial charge in [-0.05, 0) is 26.2 Å². The molecule has 1 aliphatic carbocycles. The summed E-state index contributed by atoms with van der Waals surface area (Å²) >= 11 is 0. The molecular formula is C20H23F3N2O5. The number of ether oxygens (including phenoxy) is 1. The lowest BCUT2D eigenvalue weighted by atomic mass is 9.95. The Hall–Kier alpha value is -2.91. The molecular weight excluding hydrogens is 405 g/mol. The van der Waals surface area contributed by atoms with Gasteiger partial charge in [0.2, 0.25) is 11.6 Å². The number of benzene rings is 1. The van der Waals surface area contributed by atoms with E-state index >= 15 is 0 Å². The number of rotatable bonds is 8. The molecule has 1 aromatic rings. The zero-order valence-corrected chi connectivity index (χ0v) is 16.7. The number of hydrogen-bond donors (Lipinski definition) is 1. The van der Waals surface area contributed by atoms with Crippen molar-refractivity contribution in [3.63, 3.8) is 0 Å². The van der Waals surface area contributed by atoms with Crippen LogP contribution >= 0.6 is 0 Å². The summed E-state index contributed by atoms with van der Waals surface area (Å²) in [6, 6.07) is -0.0490. The van der Waals surface area contributed by atoms with Gasteiger partial charge >= 0.3 is 11.7 Å². The van der Waals surface area contributed by atoms with Crippen molar-refractivity contribution in [1.29, 1.82) is 0 Å². The van der Waals surface area contributed by atoms with Crippen LogP contribution in [0.5, 0.6) is 0 Å². The second-order valence-electron chi connectivity index (χ2n) is 7.07. The van der Waals surface area contributed by atoms with Crippen molar-refractivity contribution in [2.75, 3.05) is 6.61 Å². The van der Waals surface area contributed by atoms with E-state index in [1.165, 1.54) is 0 Å². The second kappa shape index (κ2) is 10.2. The molecule has 1 saturated carbocycles. The summed E-state index contributed by atoms with van der Waals surface area (Å²) in [7, 11) is 0. The first-order chi connectivity index (χ1) is 14.2. The van der Waals surface area contributed by atoms with E-state index in [2.05, 4.69) is 5.32 Å². The van der Waals surface area contributed by atoms with E-state index in [1.54, 1.807) is 6.92 Å². The maximum atomic E-state index is 14.7. The molecule has 0 amide bonds. The van der Waals surface area contributed by atoms with Crippen LogP contribution in [0.1, 0.15) is 61.4 Å². The van der Waals surface area contributed by atoms with Crippen LogP contribution in [0.2, 0.25) is 0 Å².